The van der Waals surface area contributed by atoms with Crippen molar-refractivity contribution in [2.24, 2.45) is 0 Å². The Morgan fingerprint density at radius 2 is 1.07 bits per heavy atom. The van der Waals surface area contributed by atoms with Crippen molar-refractivity contribution >= 4 is 11.5 Å². The van der Waals surface area contributed by atoms with Crippen molar-refractivity contribution in [2.45, 2.75) is 0 Å². The number of carbonyl (C=O) groups excluding carboxylic acids is 1. The molecule has 0 amide bonds. The molecule has 1 N–H and O–H groups in total. The first-order valence-corrected chi connectivity index (χ1v) is 9.12. The molecule has 0 aliphatic rings. The van der Waals surface area contributed by atoms with Crippen LogP contribution in [0.4, 0.5) is 0 Å². The Hall–Kier alpha value is -2.67. The fraction of sp³-hybridized carbons (Fsp3) is 0. The summed E-state index contributed by atoms with van der Waals surface area (Å²) in [5, 5.41) is 9.79. The minimum absolute atomic E-state index is 0. The Morgan fingerprint density at radius 1 is 0.633 bits per heavy atom. The minimum atomic E-state index is -0.202. The summed E-state index contributed by atoms with van der Waals surface area (Å²) in [7, 11) is 0. The standard InChI is InChI=1S/C15H12O2.C10H8N2.Ce/c16-14(12-7-3-1-4-8-12)11-15(17)13-9-5-2-6-10-13;1-3-7-11-9(5-1)10-6-2-4-8-12-10;/h1-11,16H;1-8H;/b14-11-;;. The van der Waals surface area contributed by atoms with Crippen LogP contribution in [0.3, 0.4) is 0 Å². The van der Waals surface area contributed by atoms with Crippen molar-refractivity contribution in [3.8, 4) is 11.4 Å². The molecular weight excluding hydrogens is 500 g/mol. The summed E-state index contributed by atoms with van der Waals surface area (Å²) >= 11 is 0. The maximum absolute atomic E-state index is 11.8. The Labute approximate surface area is 209 Å². The van der Waals surface area contributed by atoms with Gasteiger partial charge in [0.1, 0.15) is 5.76 Å². The molecule has 0 unspecified atom stereocenters. The zero-order valence-electron chi connectivity index (χ0n) is 16.2. The van der Waals surface area contributed by atoms with Crippen molar-refractivity contribution in [1.29, 1.82) is 0 Å². The number of rotatable bonds is 4. The van der Waals surface area contributed by atoms with Crippen molar-refractivity contribution in [2.75, 3.05) is 0 Å². The summed E-state index contributed by atoms with van der Waals surface area (Å²) in [4.78, 5) is 20.2. The van der Waals surface area contributed by atoms with Crippen LogP contribution < -0.4 is 0 Å². The molecule has 4 nitrogen and oxygen atoms in total. The van der Waals surface area contributed by atoms with Gasteiger partial charge in [0.05, 0.1) is 11.4 Å². The minimum Gasteiger partial charge on any atom is -0.507 e. The van der Waals surface area contributed by atoms with Crippen LogP contribution in [-0.2, 0) is 0 Å². The van der Waals surface area contributed by atoms with Crippen LogP contribution in [0, 0.1) is 41.7 Å². The molecule has 0 atom stereocenters. The van der Waals surface area contributed by atoms with E-state index in [4.69, 9.17) is 0 Å². The van der Waals surface area contributed by atoms with E-state index in [1.54, 1.807) is 48.8 Å². The number of nitrogens with zero attached hydrogens (tertiary/aromatic N) is 2. The first kappa shape index (κ1) is 23.6. The Bertz CT molecular complexity index is 1020. The van der Waals surface area contributed by atoms with Crippen LogP contribution in [-0.4, -0.2) is 20.9 Å². The Kier molecular flexibility index (Phi) is 10.1. The van der Waals surface area contributed by atoms with Gasteiger partial charge >= 0.3 is 0 Å². The van der Waals surface area contributed by atoms with Crippen molar-refractivity contribution in [3.63, 3.8) is 0 Å². The quantitative estimate of drug-likeness (QED) is 0.216. The van der Waals surface area contributed by atoms with Gasteiger partial charge in [-0.15, -0.1) is 0 Å². The third kappa shape index (κ3) is 7.30. The van der Waals surface area contributed by atoms with Gasteiger partial charge < -0.3 is 5.11 Å². The molecule has 0 aliphatic heterocycles. The van der Waals surface area contributed by atoms with Crippen LogP contribution in [0.1, 0.15) is 15.9 Å². The summed E-state index contributed by atoms with van der Waals surface area (Å²) in [5.41, 5.74) is 3.03. The third-order valence-corrected chi connectivity index (χ3v) is 3.99. The number of carbonyl (C=O) groups is 1. The molecule has 2 aromatic heterocycles. The van der Waals surface area contributed by atoms with E-state index in [0.717, 1.165) is 11.4 Å². The maximum Gasteiger partial charge on any atom is 0.189 e. The largest absolute Gasteiger partial charge is 0.507 e. The van der Waals surface area contributed by atoms with E-state index in [2.05, 4.69) is 9.97 Å². The Balaban J connectivity index is 0.000000218. The predicted molar refractivity (Wildman–Crippen MR) is 115 cm³/mol. The number of aliphatic hydroxyl groups is 1. The van der Waals surface area contributed by atoms with Crippen LogP contribution in [0.5, 0.6) is 0 Å². The number of aliphatic hydroxyl groups excluding tert-OH is 1. The summed E-state index contributed by atoms with van der Waals surface area (Å²) in [5.74, 6) is -0.216. The number of hydrogen-bond donors (Lipinski definition) is 1. The molecule has 0 saturated heterocycles. The number of aromatic nitrogens is 2. The van der Waals surface area contributed by atoms with Crippen LogP contribution in [0.2, 0.25) is 0 Å². The summed E-state index contributed by atoms with van der Waals surface area (Å²) < 4.78 is 0. The molecule has 4 rings (SSSR count). The topological polar surface area (TPSA) is 63.1 Å². The van der Waals surface area contributed by atoms with Gasteiger partial charge in [-0.25, -0.2) is 0 Å². The molecule has 146 valence electrons. The van der Waals surface area contributed by atoms with Crippen LogP contribution >= 0.6 is 0 Å². The molecule has 0 spiro atoms. The average Bonchev–Trinajstić information content (AvgIpc) is 2.82. The second-order valence-electron chi connectivity index (χ2n) is 6.06. The number of pyridine rings is 2. The molecule has 0 fully saturated rings. The predicted octanol–water partition coefficient (Wildman–Crippen LogP) is 5.61. The van der Waals surface area contributed by atoms with Gasteiger partial charge in [0.2, 0.25) is 0 Å². The Morgan fingerprint density at radius 3 is 1.50 bits per heavy atom. The molecule has 0 aliphatic carbocycles. The maximum atomic E-state index is 11.8. The van der Waals surface area contributed by atoms with Gasteiger partial charge in [-0.3, -0.25) is 14.8 Å². The van der Waals surface area contributed by atoms with E-state index in [9.17, 15) is 9.90 Å². The van der Waals surface area contributed by atoms with Gasteiger partial charge in [0, 0.05) is 71.3 Å². The monoisotopic (exact) mass is 520 g/mol. The zero-order chi connectivity index (χ0) is 20.3. The molecule has 30 heavy (non-hydrogen) atoms. The number of hydrogen-bond acceptors (Lipinski definition) is 4. The van der Waals surface area contributed by atoms with Crippen LogP contribution in [0.25, 0.3) is 17.1 Å². The first-order valence-electron chi connectivity index (χ1n) is 9.12. The summed E-state index contributed by atoms with van der Waals surface area (Å²) in [6, 6.07) is 29.5. The van der Waals surface area contributed by atoms with E-state index in [1.165, 1.54) is 6.08 Å². The van der Waals surface area contributed by atoms with E-state index in [-0.39, 0.29) is 53.3 Å². The smallest absolute Gasteiger partial charge is 0.189 e. The summed E-state index contributed by atoms with van der Waals surface area (Å²) in [6.45, 7) is 0. The molecule has 0 bridgehead atoms. The molecule has 2 aromatic carbocycles. The van der Waals surface area contributed by atoms with Crippen molar-refractivity contribution in [3.05, 3.63) is 127 Å². The van der Waals surface area contributed by atoms with Gasteiger partial charge in [0.25, 0.3) is 0 Å². The molecule has 2 heterocycles. The van der Waals surface area contributed by atoms with Crippen LogP contribution in [0.15, 0.2) is 116 Å². The van der Waals surface area contributed by atoms with E-state index >= 15 is 0 Å². The fourth-order valence-electron chi connectivity index (χ4n) is 2.53. The number of benzene rings is 2. The van der Waals surface area contributed by atoms with E-state index in [0.29, 0.717) is 11.1 Å². The average molecular weight is 521 g/mol. The molecule has 0 saturated carbocycles. The van der Waals surface area contributed by atoms with Crippen molar-refractivity contribution in [1.82, 2.24) is 9.97 Å². The van der Waals surface area contributed by atoms with Gasteiger partial charge in [-0.2, -0.15) is 0 Å². The number of allylic oxidation sites excluding steroid dienone is 1. The molecule has 0 radical (unpaired) electrons. The van der Waals surface area contributed by atoms with Crippen molar-refractivity contribution < 1.29 is 51.6 Å². The molecular formula is C25H20CeN2O2. The molecule has 5 heteroatoms. The first-order chi connectivity index (χ1) is 14.2. The zero-order valence-corrected chi connectivity index (χ0v) is 19.4. The second-order valence-corrected chi connectivity index (χ2v) is 6.06. The fourth-order valence-corrected chi connectivity index (χ4v) is 2.53. The van der Waals surface area contributed by atoms with E-state index < -0.39 is 0 Å². The normalized spacial score (nSPS) is 10.2. The SMILES string of the molecule is O=C(/C=C(\O)c1ccccc1)c1ccccc1.[Ce].c1ccc(-c2ccccn2)nc1. The second kappa shape index (κ2) is 12.8. The summed E-state index contributed by atoms with van der Waals surface area (Å²) in [6.07, 6.45) is 4.78. The van der Waals surface area contributed by atoms with Gasteiger partial charge in [-0.1, -0.05) is 72.8 Å². The van der Waals surface area contributed by atoms with E-state index in [1.807, 2.05) is 60.7 Å². The van der Waals surface area contributed by atoms with Gasteiger partial charge in [-0.05, 0) is 24.3 Å². The third-order valence-electron chi connectivity index (χ3n) is 3.99. The van der Waals surface area contributed by atoms with Gasteiger partial charge in [0.15, 0.2) is 5.78 Å². The number of ketones is 1. The molecule has 4 aromatic rings.